The van der Waals surface area contributed by atoms with Crippen LogP contribution >= 0.6 is 0 Å². The lowest BCUT2D eigenvalue weighted by Gasteiger charge is -2.37. The Morgan fingerprint density at radius 1 is 1.00 bits per heavy atom. The molecule has 2 heterocycles. The lowest BCUT2D eigenvalue weighted by molar-refractivity contribution is -0.134. The molecule has 0 N–H and O–H groups in total. The van der Waals surface area contributed by atoms with Gasteiger partial charge in [0.05, 0.1) is 18.2 Å². The fourth-order valence-electron chi connectivity index (χ4n) is 4.22. The number of hydrogen-bond donors (Lipinski definition) is 0. The van der Waals surface area contributed by atoms with Crippen molar-refractivity contribution in [3.05, 3.63) is 66.4 Å². The normalized spacial score (nSPS) is 17.6. The van der Waals surface area contributed by atoms with Gasteiger partial charge in [-0.2, -0.15) is 0 Å². The summed E-state index contributed by atoms with van der Waals surface area (Å²) in [5.41, 5.74) is 2.37. The number of rotatable bonds is 5. The summed E-state index contributed by atoms with van der Waals surface area (Å²) in [6.45, 7) is 3.04. The van der Waals surface area contributed by atoms with Crippen LogP contribution in [0, 0.1) is 0 Å². The van der Waals surface area contributed by atoms with Gasteiger partial charge in [0, 0.05) is 49.6 Å². The van der Waals surface area contributed by atoms with Crippen LogP contribution in [0.3, 0.4) is 0 Å². The molecular formula is C24H25N3O3. The van der Waals surface area contributed by atoms with Crippen LogP contribution in [0.1, 0.15) is 18.5 Å². The van der Waals surface area contributed by atoms with Gasteiger partial charge in [0.1, 0.15) is 5.75 Å². The maximum absolute atomic E-state index is 13.4. The van der Waals surface area contributed by atoms with Crippen molar-refractivity contribution in [1.82, 2.24) is 10.1 Å². The van der Waals surface area contributed by atoms with E-state index in [9.17, 15) is 4.79 Å². The van der Waals surface area contributed by atoms with Crippen molar-refractivity contribution in [2.24, 2.45) is 0 Å². The van der Waals surface area contributed by atoms with Crippen LogP contribution in [0.15, 0.2) is 65.2 Å². The second kappa shape index (κ2) is 7.52. The SMILES string of the molecule is COc1cccc(N2CCN(C(=O)C3(c4cc(-c5ccccc5)on4)CC3)CC2)c1. The van der Waals surface area contributed by atoms with Gasteiger partial charge in [-0.1, -0.05) is 41.6 Å². The number of nitrogens with zero attached hydrogens (tertiary/aromatic N) is 3. The first kappa shape index (κ1) is 18.7. The van der Waals surface area contributed by atoms with Crippen LogP contribution in [0.4, 0.5) is 5.69 Å². The predicted molar refractivity (Wildman–Crippen MR) is 115 cm³/mol. The molecule has 1 saturated heterocycles. The molecule has 2 aliphatic rings. The highest BCUT2D eigenvalue weighted by molar-refractivity contribution is 5.91. The number of ether oxygens (including phenoxy) is 1. The molecule has 5 rings (SSSR count). The quantitative estimate of drug-likeness (QED) is 0.650. The van der Waals surface area contributed by atoms with E-state index in [-0.39, 0.29) is 5.91 Å². The molecule has 0 spiro atoms. The van der Waals surface area contributed by atoms with Crippen LogP contribution in [-0.2, 0) is 10.2 Å². The molecule has 2 fully saturated rings. The third-order valence-corrected chi connectivity index (χ3v) is 6.20. The Hall–Kier alpha value is -3.28. The van der Waals surface area contributed by atoms with E-state index < -0.39 is 5.41 Å². The number of piperazine rings is 1. The number of carbonyl (C=O) groups excluding carboxylic acids is 1. The summed E-state index contributed by atoms with van der Waals surface area (Å²) in [5, 5.41) is 4.28. The molecule has 3 aromatic rings. The van der Waals surface area contributed by atoms with E-state index in [1.165, 1.54) is 0 Å². The van der Waals surface area contributed by atoms with Crippen molar-refractivity contribution in [3.63, 3.8) is 0 Å². The summed E-state index contributed by atoms with van der Waals surface area (Å²) >= 11 is 0. The first-order valence-corrected chi connectivity index (χ1v) is 10.4. The summed E-state index contributed by atoms with van der Waals surface area (Å²) in [7, 11) is 1.68. The zero-order valence-corrected chi connectivity index (χ0v) is 17.1. The molecule has 0 atom stereocenters. The molecule has 1 aliphatic carbocycles. The molecule has 2 aromatic carbocycles. The number of aromatic nitrogens is 1. The molecule has 0 unspecified atom stereocenters. The fourth-order valence-corrected chi connectivity index (χ4v) is 4.22. The smallest absolute Gasteiger partial charge is 0.235 e. The largest absolute Gasteiger partial charge is 0.497 e. The lowest BCUT2D eigenvalue weighted by atomic mass is 9.99. The molecule has 1 saturated carbocycles. The number of anilines is 1. The first-order chi connectivity index (χ1) is 14.7. The second-order valence-corrected chi connectivity index (χ2v) is 8.01. The molecule has 1 aromatic heterocycles. The van der Waals surface area contributed by atoms with E-state index >= 15 is 0 Å². The Bertz CT molecular complexity index is 1030. The van der Waals surface area contributed by atoms with Crippen molar-refractivity contribution >= 4 is 11.6 Å². The molecular weight excluding hydrogens is 378 g/mol. The van der Waals surface area contributed by atoms with Crippen LogP contribution in [-0.4, -0.2) is 49.3 Å². The Morgan fingerprint density at radius 2 is 1.77 bits per heavy atom. The number of methoxy groups -OCH3 is 1. The second-order valence-electron chi connectivity index (χ2n) is 8.01. The Morgan fingerprint density at radius 3 is 2.47 bits per heavy atom. The Kier molecular flexibility index (Phi) is 4.69. The standard InChI is InChI=1S/C24H25N3O3/c1-29-20-9-5-8-19(16-20)26-12-14-27(15-13-26)23(28)24(10-11-24)22-17-21(30-25-22)18-6-3-2-4-7-18/h2-9,16-17H,10-15H2,1H3. The van der Waals surface area contributed by atoms with E-state index in [2.05, 4.69) is 16.1 Å². The minimum absolute atomic E-state index is 0.181. The number of benzene rings is 2. The van der Waals surface area contributed by atoms with Crippen LogP contribution < -0.4 is 9.64 Å². The minimum Gasteiger partial charge on any atom is -0.497 e. The molecule has 0 radical (unpaired) electrons. The van der Waals surface area contributed by atoms with Crippen molar-refractivity contribution < 1.29 is 14.1 Å². The van der Waals surface area contributed by atoms with Crippen molar-refractivity contribution in [3.8, 4) is 17.1 Å². The summed E-state index contributed by atoms with van der Waals surface area (Å²) in [6, 6.07) is 19.9. The molecule has 30 heavy (non-hydrogen) atoms. The van der Waals surface area contributed by atoms with Gasteiger partial charge < -0.3 is 19.1 Å². The third kappa shape index (κ3) is 3.32. The van der Waals surface area contributed by atoms with Gasteiger partial charge in [-0.3, -0.25) is 4.79 Å². The average Bonchev–Trinajstić information content (AvgIpc) is 3.48. The predicted octanol–water partition coefficient (Wildman–Crippen LogP) is 3.73. The summed E-state index contributed by atoms with van der Waals surface area (Å²) in [6.07, 6.45) is 1.67. The Labute approximate surface area is 176 Å². The molecule has 154 valence electrons. The van der Waals surface area contributed by atoms with E-state index in [4.69, 9.17) is 9.26 Å². The molecule has 6 nitrogen and oxygen atoms in total. The minimum atomic E-state index is -0.505. The summed E-state index contributed by atoms with van der Waals surface area (Å²) < 4.78 is 10.9. The number of carbonyl (C=O) groups is 1. The Balaban J connectivity index is 1.27. The summed E-state index contributed by atoms with van der Waals surface area (Å²) in [4.78, 5) is 17.7. The zero-order chi connectivity index (χ0) is 20.6. The maximum Gasteiger partial charge on any atom is 0.235 e. The topological polar surface area (TPSA) is 58.8 Å². The van der Waals surface area contributed by atoms with Crippen molar-refractivity contribution in [1.29, 1.82) is 0 Å². The fraction of sp³-hybridized carbons (Fsp3) is 0.333. The highest BCUT2D eigenvalue weighted by atomic mass is 16.5. The number of amides is 1. The van der Waals surface area contributed by atoms with Gasteiger partial charge in [0.25, 0.3) is 0 Å². The lowest BCUT2D eigenvalue weighted by Crippen LogP contribution is -2.51. The van der Waals surface area contributed by atoms with Crippen LogP contribution in [0.25, 0.3) is 11.3 Å². The molecule has 1 amide bonds. The number of hydrogen-bond acceptors (Lipinski definition) is 5. The van der Waals surface area contributed by atoms with Gasteiger partial charge in [-0.25, -0.2) is 0 Å². The van der Waals surface area contributed by atoms with Gasteiger partial charge in [-0.15, -0.1) is 0 Å². The monoisotopic (exact) mass is 403 g/mol. The van der Waals surface area contributed by atoms with E-state index in [1.807, 2.05) is 59.5 Å². The first-order valence-electron chi connectivity index (χ1n) is 10.4. The van der Waals surface area contributed by atoms with E-state index in [1.54, 1.807) is 7.11 Å². The van der Waals surface area contributed by atoms with E-state index in [0.717, 1.165) is 48.6 Å². The molecule has 0 bridgehead atoms. The third-order valence-electron chi connectivity index (χ3n) is 6.20. The van der Waals surface area contributed by atoms with Crippen LogP contribution in [0.2, 0.25) is 0 Å². The summed E-state index contributed by atoms with van der Waals surface area (Å²) in [5.74, 6) is 1.75. The van der Waals surface area contributed by atoms with Gasteiger partial charge >= 0.3 is 0 Å². The van der Waals surface area contributed by atoms with Crippen molar-refractivity contribution in [2.75, 3.05) is 38.2 Å². The average molecular weight is 403 g/mol. The van der Waals surface area contributed by atoms with E-state index in [0.29, 0.717) is 18.8 Å². The van der Waals surface area contributed by atoms with Gasteiger partial charge in [-0.05, 0) is 25.0 Å². The van der Waals surface area contributed by atoms with Crippen LogP contribution in [0.5, 0.6) is 5.75 Å². The molecule has 1 aliphatic heterocycles. The van der Waals surface area contributed by atoms with Gasteiger partial charge in [0.15, 0.2) is 5.76 Å². The molecule has 6 heteroatoms. The highest BCUT2D eigenvalue weighted by Gasteiger charge is 2.55. The zero-order valence-electron chi connectivity index (χ0n) is 17.1. The maximum atomic E-state index is 13.4. The highest BCUT2D eigenvalue weighted by Crippen LogP contribution is 2.50. The van der Waals surface area contributed by atoms with Crippen molar-refractivity contribution in [2.45, 2.75) is 18.3 Å². The van der Waals surface area contributed by atoms with Gasteiger partial charge in [0.2, 0.25) is 5.91 Å².